The molecule has 0 spiro atoms. The Balaban J connectivity index is 0.000000192. The Morgan fingerprint density at radius 2 is 1.25 bits per heavy atom. The fourth-order valence-corrected chi connectivity index (χ4v) is 12.1. The Labute approximate surface area is 425 Å². The van der Waals surface area contributed by atoms with Gasteiger partial charge in [0, 0.05) is 61.9 Å². The van der Waals surface area contributed by atoms with E-state index in [9.17, 15) is 0 Å². The molecule has 9 aromatic rings. The number of hydrogen-bond acceptors (Lipinski definition) is 2. The first kappa shape index (κ1) is 49.1. The molecule has 4 nitrogen and oxygen atoms in total. The molecule has 6 heteroatoms. The van der Waals surface area contributed by atoms with Crippen molar-refractivity contribution in [3.63, 3.8) is 0 Å². The van der Waals surface area contributed by atoms with Crippen molar-refractivity contribution in [3.05, 3.63) is 207 Å². The van der Waals surface area contributed by atoms with Gasteiger partial charge in [0.2, 0.25) is 0 Å². The van der Waals surface area contributed by atoms with Gasteiger partial charge in [0.1, 0.15) is 5.58 Å². The summed E-state index contributed by atoms with van der Waals surface area (Å²) in [4.78, 5) is 4.49. The Bertz CT molecular complexity index is 3270. The summed E-state index contributed by atoms with van der Waals surface area (Å²) in [6.45, 7) is 24.6. The Morgan fingerprint density at radius 3 is 1.88 bits per heavy atom. The van der Waals surface area contributed by atoms with Crippen molar-refractivity contribution in [2.75, 3.05) is 0 Å². The molecule has 5 aromatic carbocycles. The van der Waals surface area contributed by atoms with Crippen LogP contribution in [-0.2, 0) is 20.1 Å². The van der Waals surface area contributed by atoms with Crippen molar-refractivity contribution >= 4 is 35.2 Å². The van der Waals surface area contributed by atoms with Gasteiger partial charge in [-0.1, -0.05) is 160 Å². The average Bonchev–Trinajstić information content (AvgIpc) is 3.70. The Morgan fingerprint density at radius 1 is 0.594 bits per heavy atom. The minimum Gasteiger partial charge on any atom is -0.469 e. The van der Waals surface area contributed by atoms with E-state index in [-0.39, 0.29) is 20.1 Å². The van der Waals surface area contributed by atoms with Crippen LogP contribution < -0.4 is 14.3 Å². The Hall–Kier alpha value is -6.30. The molecule has 1 radical (unpaired) electrons. The van der Waals surface area contributed by atoms with Gasteiger partial charge in [-0.15, -0.1) is 17.7 Å². The molecule has 1 saturated carbocycles. The first-order valence-electron chi connectivity index (χ1n) is 24.3. The first-order valence-corrected chi connectivity index (χ1v) is 27.8. The van der Waals surface area contributed by atoms with Gasteiger partial charge < -0.3 is 13.6 Å². The van der Waals surface area contributed by atoms with Crippen LogP contribution in [0.15, 0.2) is 150 Å². The second-order valence-electron chi connectivity index (χ2n) is 20.3. The third-order valence-corrected chi connectivity index (χ3v) is 15.9. The fourth-order valence-electron chi connectivity index (χ4n) is 10.3. The number of pyridine rings is 3. The van der Waals surface area contributed by atoms with Crippen LogP contribution in [0.4, 0.5) is 0 Å². The predicted octanol–water partition coefficient (Wildman–Crippen LogP) is 15.6. The molecule has 1 fully saturated rings. The standard InChI is InChI=1S/C37H32NO.C26H33N2Si.Ir/c1-25-18-19-31-33-23-30(27-14-8-4-9-15-27)22-32(28-16-10-5-11-17-28)36(33)39-37(31)35(25)34-24-29(20-21-38(34)2)26-12-6-3-7-13-26;1-17(2)24-15-25(28(6)16-26(24)29(7,8)9)23-11-10-21(12-18(23)3)22-13-19(4)27-20(5)14-22;/h4-5,8-11,14-24,26H,1-3,6-7,12-13H2;10-17H,3,6H2,1-2,4-5,7-9H3;/q2*-1;. The largest absolute Gasteiger partial charge is 0.469 e. The monoisotopic (exact) mass is 1100 g/mol. The molecule has 0 aliphatic heterocycles. The van der Waals surface area contributed by atoms with Gasteiger partial charge in [-0.05, 0) is 90.2 Å². The van der Waals surface area contributed by atoms with Crippen LogP contribution in [0.5, 0.6) is 0 Å². The fraction of sp³-hybridized carbons (Fsp3) is 0.222. The number of benzene rings is 5. The summed E-state index contributed by atoms with van der Waals surface area (Å²) in [5, 5.41) is 3.70. The molecule has 1 aliphatic rings. The number of nitrogens with zero attached hydrogens (tertiary/aromatic N) is 3. The van der Waals surface area contributed by atoms with E-state index in [0.717, 1.165) is 78.1 Å². The zero-order valence-electron chi connectivity index (χ0n) is 41.5. The summed E-state index contributed by atoms with van der Waals surface area (Å²) in [5.74, 6) is 1.09. The van der Waals surface area contributed by atoms with E-state index in [0.29, 0.717) is 11.8 Å². The maximum atomic E-state index is 6.85. The summed E-state index contributed by atoms with van der Waals surface area (Å²) in [7, 11) is 7.21. The van der Waals surface area contributed by atoms with Crippen LogP contribution >= 0.6 is 0 Å². The average molecular weight is 1100 g/mol. The topological polar surface area (TPSA) is 33.8 Å². The van der Waals surface area contributed by atoms with Crippen LogP contribution in [0.25, 0.3) is 77.8 Å². The molecule has 1 aliphatic carbocycles. The molecule has 0 N–H and O–H groups in total. The third-order valence-electron chi connectivity index (χ3n) is 13.8. The van der Waals surface area contributed by atoms with E-state index in [4.69, 9.17) is 4.42 Å². The van der Waals surface area contributed by atoms with Crippen LogP contribution in [0.3, 0.4) is 0 Å². The SMILES string of the molecule is [CH2-]c1cc(-c2cc(C)nc(C)c2)ccc1-c1cc(C(C)C)c([Si](C)(C)C)c[n+]1[CH2-].[CH2-]c1ccc2c(oc3c(-c4ccccc4)cc(-c4ccccc4)cc32)c1-c1cc(C2CCCCC2)cc[n+]1[CH2-].[Ir]. The van der Waals surface area contributed by atoms with Crippen molar-refractivity contribution in [2.45, 2.75) is 91.3 Å². The number of hydrogen-bond donors (Lipinski definition) is 0. The van der Waals surface area contributed by atoms with E-state index in [2.05, 4.69) is 212 Å². The van der Waals surface area contributed by atoms with Crippen molar-refractivity contribution in [3.8, 4) is 55.9 Å². The van der Waals surface area contributed by atoms with Crippen LogP contribution in [-0.4, -0.2) is 13.1 Å². The van der Waals surface area contributed by atoms with Crippen molar-refractivity contribution in [1.29, 1.82) is 0 Å². The van der Waals surface area contributed by atoms with E-state index in [1.165, 1.54) is 70.7 Å². The maximum Gasteiger partial charge on any atom is 0.141 e. The number of rotatable bonds is 8. The van der Waals surface area contributed by atoms with Gasteiger partial charge in [0.25, 0.3) is 0 Å². The molecule has 0 amide bonds. The Kier molecular flexibility index (Phi) is 14.5. The second-order valence-corrected chi connectivity index (χ2v) is 25.3. The van der Waals surface area contributed by atoms with Gasteiger partial charge in [-0.25, -0.2) is 0 Å². The molecule has 0 saturated heterocycles. The summed E-state index contributed by atoms with van der Waals surface area (Å²) < 4.78 is 10.9. The van der Waals surface area contributed by atoms with Crippen LogP contribution in [0.1, 0.15) is 91.4 Å². The second kappa shape index (κ2) is 20.3. The van der Waals surface area contributed by atoms with Crippen LogP contribution in [0.2, 0.25) is 19.6 Å². The number of furan rings is 1. The van der Waals surface area contributed by atoms with Gasteiger partial charge >= 0.3 is 0 Å². The minimum atomic E-state index is -1.46. The molecule has 4 heterocycles. The molecule has 0 unspecified atom stereocenters. The van der Waals surface area contributed by atoms with Crippen molar-refractivity contribution < 1.29 is 33.7 Å². The molecule has 4 aromatic heterocycles. The molecule has 69 heavy (non-hydrogen) atoms. The normalized spacial score (nSPS) is 13.0. The van der Waals surface area contributed by atoms with Crippen molar-refractivity contribution in [2.24, 2.45) is 0 Å². The van der Waals surface area contributed by atoms with Crippen LogP contribution in [0, 0.1) is 41.8 Å². The zero-order chi connectivity index (χ0) is 47.9. The smallest absolute Gasteiger partial charge is 0.141 e. The van der Waals surface area contributed by atoms with Crippen molar-refractivity contribution in [1.82, 2.24) is 4.98 Å². The van der Waals surface area contributed by atoms with E-state index in [1.807, 2.05) is 23.0 Å². The van der Waals surface area contributed by atoms with E-state index in [1.54, 1.807) is 0 Å². The number of aryl methyl sites for hydroxylation is 2. The summed E-state index contributed by atoms with van der Waals surface area (Å²) in [6, 6.07) is 47.6. The molecule has 0 bridgehead atoms. The maximum absolute atomic E-state index is 6.85. The molecule has 10 rings (SSSR count). The third kappa shape index (κ3) is 10.2. The summed E-state index contributed by atoms with van der Waals surface area (Å²) in [6.07, 6.45) is 10.8. The van der Waals surface area contributed by atoms with Gasteiger partial charge in [0.05, 0.1) is 37.4 Å². The number of aromatic nitrogens is 3. The molecule has 353 valence electrons. The first-order chi connectivity index (χ1) is 32.6. The quantitative estimate of drug-likeness (QED) is 0.0863. The minimum absolute atomic E-state index is 0. The molecular weight excluding hydrogens is 1040 g/mol. The summed E-state index contributed by atoms with van der Waals surface area (Å²) in [5.41, 5.74) is 19.9. The van der Waals surface area contributed by atoms with E-state index >= 15 is 0 Å². The molecular formula is C63H65IrN3OSi-2. The van der Waals surface area contributed by atoms with Gasteiger partial charge in [-0.2, -0.15) is 37.1 Å². The summed E-state index contributed by atoms with van der Waals surface area (Å²) >= 11 is 0. The van der Waals surface area contributed by atoms with Gasteiger partial charge in [0.15, 0.2) is 0 Å². The predicted molar refractivity (Wildman–Crippen MR) is 288 cm³/mol. The van der Waals surface area contributed by atoms with E-state index < -0.39 is 8.07 Å². The zero-order valence-corrected chi connectivity index (χ0v) is 44.9. The van der Waals surface area contributed by atoms with Gasteiger partial charge in [-0.3, -0.25) is 4.98 Å². The molecule has 0 atom stereocenters. The number of fused-ring (bicyclic) bond motifs is 3.